The molecule has 0 aliphatic carbocycles. The number of nitrogens with zero attached hydrogens (tertiary/aromatic N) is 1. The minimum Gasteiger partial charge on any atom is -0.463 e. The van der Waals surface area contributed by atoms with Crippen LogP contribution in [-0.2, 0) is 16.0 Å². The molecule has 1 heterocycles. The van der Waals surface area contributed by atoms with Crippen LogP contribution in [0, 0.1) is 0 Å². The van der Waals surface area contributed by atoms with Crippen molar-refractivity contribution in [1.82, 2.24) is 4.98 Å². The second kappa shape index (κ2) is 4.21. The van der Waals surface area contributed by atoms with Gasteiger partial charge in [0.05, 0.1) is 23.7 Å². The quantitative estimate of drug-likeness (QED) is 0.672. The van der Waals surface area contributed by atoms with E-state index < -0.39 is 0 Å². The summed E-state index contributed by atoms with van der Waals surface area (Å²) in [5, 5.41) is 1.85. The first-order valence-corrected chi connectivity index (χ1v) is 4.69. The Labute approximate surface area is 75.4 Å². The van der Waals surface area contributed by atoms with Crippen molar-refractivity contribution >= 4 is 17.3 Å². The van der Waals surface area contributed by atoms with Gasteiger partial charge in [-0.1, -0.05) is 0 Å². The molecular formula is C8H11NO2S. The Balaban J connectivity index is 2.37. The molecule has 4 heteroatoms. The van der Waals surface area contributed by atoms with Gasteiger partial charge in [-0.3, -0.25) is 4.79 Å². The predicted molar refractivity (Wildman–Crippen MR) is 47.0 cm³/mol. The third-order valence-corrected chi connectivity index (χ3v) is 1.81. The molecule has 0 radical (unpaired) electrons. The molecule has 1 aromatic rings. The van der Waals surface area contributed by atoms with Crippen molar-refractivity contribution in [3.63, 3.8) is 0 Å². The second-order valence-corrected chi connectivity index (χ2v) is 3.41. The number of hydrogen-bond donors (Lipinski definition) is 0. The summed E-state index contributed by atoms with van der Waals surface area (Å²) in [4.78, 5) is 15.0. The number of hydrogen-bond acceptors (Lipinski definition) is 4. The van der Waals surface area contributed by atoms with E-state index in [1.165, 1.54) is 11.3 Å². The lowest BCUT2D eigenvalue weighted by atomic mass is 10.3. The third kappa shape index (κ3) is 3.00. The topological polar surface area (TPSA) is 39.2 Å². The van der Waals surface area contributed by atoms with Gasteiger partial charge in [-0.2, -0.15) is 0 Å². The van der Waals surface area contributed by atoms with Crippen LogP contribution in [0.15, 0.2) is 10.9 Å². The highest BCUT2D eigenvalue weighted by Crippen LogP contribution is 2.03. The summed E-state index contributed by atoms with van der Waals surface area (Å²) in [6.45, 7) is 3.66. The number of rotatable bonds is 3. The van der Waals surface area contributed by atoms with Gasteiger partial charge >= 0.3 is 5.97 Å². The van der Waals surface area contributed by atoms with Gasteiger partial charge in [0.2, 0.25) is 0 Å². The number of carbonyl (C=O) groups excluding carboxylic acids is 1. The number of aromatic nitrogens is 1. The van der Waals surface area contributed by atoms with Crippen LogP contribution < -0.4 is 0 Å². The first kappa shape index (κ1) is 9.19. The van der Waals surface area contributed by atoms with Gasteiger partial charge in [0, 0.05) is 5.38 Å². The van der Waals surface area contributed by atoms with Crippen molar-refractivity contribution in [1.29, 1.82) is 0 Å². The van der Waals surface area contributed by atoms with Crippen LogP contribution in [0.3, 0.4) is 0 Å². The minimum absolute atomic E-state index is 0.0452. The van der Waals surface area contributed by atoms with Gasteiger partial charge in [0.1, 0.15) is 0 Å². The maximum absolute atomic E-state index is 11.1. The van der Waals surface area contributed by atoms with Gasteiger partial charge < -0.3 is 4.74 Å². The summed E-state index contributed by atoms with van der Waals surface area (Å²) in [6, 6.07) is 0. The number of esters is 1. The first-order chi connectivity index (χ1) is 5.68. The van der Waals surface area contributed by atoms with E-state index in [0.717, 1.165) is 5.69 Å². The molecule has 3 nitrogen and oxygen atoms in total. The fraction of sp³-hybridized carbons (Fsp3) is 0.500. The summed E-state index contributed by atoms with van der Waals surface area (Å²) < 4.78 is 4.95. The lowest BCUT2D eigenvalue weighted by Gasteiger charge is -2.05. The summed E-state index contributed by atoms with van der Waals surface area (Å²) >= 11 is 1.48. The highest BCUT2D eigenvalue weighted by molar-refractivity contribution is 7.07. The lowest BCUT2D eigenvalue weighted by molar-refractivity contribution is -0.146. The molecule has 0 atom stereocenters. The monoisotopic (exact) mass is 185 g/mol. The fourth-order valence-corrected chi connectivity index (χ4v) is 1.34. The van der Waals surface area contributed by atoms with Crippen molar-refractivity contribution in [3.8, 4) is 0 Å². The van der Waals surface area contributed by atoms with Crippen LogP contribution in [0.5, 0.6) is 0 Å². The van der Waals surface area contributed by atoms with Gasteiger partial charge in [0.25, 0.3) is 0 Å². The normalized spacial score (nSPS) is 10.2. The van der Waals surface area contributed by atoms with E-state index in [9.17, 15) is 4.79 Å². The molecule has 0 aliphatic rings. The van der Waals surface area contributed by atoms with Crippen molar-refractivity contribution in [3.05, 3.63) is 16.6 Å². The highest BCUT2D eigenvalue weighted by atomic mass is 32.1. The Kier molecular flexibility index (Phi) is 3.22. The zero-order valence-electron chi connectivity index (χ0n) is 7.11. The summed E-state index contributed by atoms with van der Waals surface area (Å²) in [7, 11) is 0. The summed E-state index contributed by atoms with van der Waals surface area (Å²) in [5.74, 6) is -0.212. The van der Waals surface area contributed by atoms with E-state index in [4.69, 9.17) is 4.74 Å². The Morgan fingerprint density at radius 3 is 3.00 bits per heavy atom. The first-order valence-electron chi connectivity index (χ1n) is 3.75. The molecule has 0 bridgehead atoms. The van der Waals surface area contributed by atoms with Gasteiger partial charge in [0.15, 0.2) is 0 Å². The molecule has 12 heavy (non-hydrogen) atoms. The van der Waals surface area contributed by atoms with Crippen LogP contribution in [-0.4, -0.2) is 17.1 Å². The van der Waals surface area contributed by atoms with E-state index in [1.54, 1.807) is 5.51 Å². The SMILES string of the molecule is CC(C)OC(=O)Cc1cscn1. The molecule has 0 saturated heterocycles. The Hall–Kier alpha value is -0.900. The molecule has 0 aliphatic heterocycles. The zero-order valence-corrected chi connectivity index (χ0v) is 7.93. The van der Waals surface area contributed by atoms with Crippen LogP contribution in [0.4, 0.5) is 0 Å². The van der Waals surface area contributed by atoms with E-state index in [1.807, 2.05) is 19.2 Å². The van der Waals surface area contributed by atoms with Crippen molar-refractivity contribution in [2.75, 3.05) is 0 Å². The van der Waals surface area contributed by atoms with E-state index >= 15 is 0 Å². The molecule has 0 saturated carbocycles. The molecule has 0 N–H and O–H groups in total. The van der Waals surface area contributed by atoms with Crippen molar-refractivity contribution < 1.29 is 9.53 Å². The molecule has 0 spiro atoms. The minimum atomic E-state index is -0.212. The van der Waals surface area contributed by atoms with Crippen molar-refractivity contribution in [2.24, 2.45) is 0 Å². The Morgan fingerprint density at radius 2 is 2.50 bits per heavy atom. The Morgan fingerprint density at radius 1 is 1.75 bits per heavy atom. The fourth-order valence-electron chi connectivity index (χ4n) is 0.777. The molecule has 0 aromatic carbocycles. The molecule has 66 valence electrons. The average molecular weight is 185 g/mol. The lowest BCUT2D eigenvalue weighted by Crippen LogP contribution is -2.13. The van der Waals surface area contributed by atoms with Crippen LogP contribution in [0.25, 0.3) is 0 Å². The number of thiazole rings is 1. The maximum Gasteiger partial charge on any atom is 0.312 e. The van der Waals surface area contributed by atoms with Gasteiger partial charge in [-0.05, 0) is 13.8 Å². The zero-order chi connectivity index (χ0) is 8.97. The van der Waals surface area contributed by atoms with E-state index in [2.05, 4.69) is 4.98 Å². The maximum atomic E-state index is 11.1. The molecule has 0 fully saturated rings. The Bertz CT molecular complexity index is 244. The molecule has 0 amide bonds. The highest BCUT2D eigenvalue weighted by Gasteiger charge is 2.07. The molecule has 1 aromatic heterocycles. The van der Waals surface area contributed by atoms with E-state index in [-0.39, 0.29) is 18.5 Å². The molecule has 0 unspecified atom stereocenters. The number of carbonyl (C=O) groups is 1. The standard InChI is InChI=1S/C8H11NO2S/c1-6(2)11-8(10)3-7-4-12-5-9-7/h4-6H,3H2,1-2H3. The van der Waals surface area contributed by atoms with Crippen LogP contribution in [0.1, 0.15) is 19.5 Å². The van der Waals surface area contributed by atoms with Crippen LogP contribution >= 0.6 is 11.3 Å². The van der Waals surface area contributed by atoms with Gasteiger partial charge in [-0.25, -0.2) is 4.98 Å². The largest absolute Gasteiger partial charge is 0.463 e. The second-order valence-electron chi connectivity index (χ2n) is 2.70. The van der Waals surface area contributed by atoms with Crippen LogP contribution in [0.2, 0.25) is 0 Å². The number of ether oxygens (including phenoxy) is 1. The average Bonchev–Trinajstić information content (AvgIpc) is 2.37. The third-order valence-electron chi connectivity index (χ3n) is 1.18. The van der Waals surface area contributed by atoms with Crippen molar-refractivity contribution in [2.45, 2.75) is 26.4 Å². The summed E-state index contributed by atoms with van der Waals surface area (Å²) in [6.07, 6.45) is 0.234. The predicted octanol–water partition coefficient (Wildman–Crippen LogP) is 1.64. The van der Waals surface area contributed by atoms with Gasteiger partial charge in [-0.15, -0.1) is 11.3 Å². The summed E-state index contributed by atoms with van der Waals surface area (Å²) in [5.41, 5.74) is 2.49. The van der Waals surface area contributed by atoms with E-state index in [0.29, 0.717) is 0 Å². The molecular weight excluding hydrogens is 174 g/mol. The molecule has 1 rings (SSSR count). The smallest absolute Gasteiger partial charge is 0.312 e.